The average molecular weight is 266 g/mol. The molecule has 0 unspecified atom stereocenters. The summed E-state index contributed by atoms with van der Waals surface area (Å²) in [6, 6.07) is 6.32. The number of rotatable bonds is 4. The lowest BCUT2D eigenvalue weighted by Gasteiger charge is -2.37. The predicted molar refractivity (Wildman–Crippen MR) is 75.3 cm³/mol. The van der Waals surface area contributed by atoms with E-state index in [0.29, 0.717) is 18.5 Å². The van der Waals surface area contributed by atoms with Crippen LogP contribution in [0.1, 0.15) is 40.7 Å². The van der Waals surface area contributed by atoms with Crippen LogP contribution in [-0.4, -0.2) is 29.3 Å². The van der Waals surface area contributed by atoms with E-state index in [4.69, 9.17) is 11.6 Å². The minimum Gasteiger partial charge on any atom is -0.334 e. The van der Waals surface area contributed by atoms with Crippen LogP contribution in [0, 0.1) is 13.8 Å². The van der Waals surface area contributed by atoms with E-state index in [1.165, 1.54) is 17.5 Å². The fourth-order valence-corrected chi connectivity index (χ4v) is 2.46. The minimum absolute atomic E-state index is 0.128. The summed E-state index contributed by atoms with van der Waals surface area (Å²) < 4.78 is 0. The van der Waals surface area contributed by atoms with E-state index in [1.54, 1.807) is 0 Å². The first-order valence-corrected chi connectivity index (χ1v) is 7.11. The number of alkyl halides is 1. The van der Waals surface area contributed by atoms with Crippen molar-refractivity contribution in [1.82, 2.24) is 4.90 Å². The maximum Gasteiger partial charge on any atom is 0.254 e. The molecule has 0 heterocycles. The zero-order chi connectivity index (χ0) is 13.1. The highest BCUT2D eigenvalue weighted by molar-refractivity contribution is 6.18. The third-order valence-electron chi connectivity index (χ3n) is 3.86. The highest BCUT2D eigenvalue weighted by Crippen LogP contribution is 2.26. The molecule has 0 atom stereocenters. The van der Waals surface area contributed by atoms with Crippen molar-refractivity contribution in [2.45, 2.75) is 39.2 Å². The van der Waals surface area contributed by atoms with Gasteiger partial charge in [0.1, 0.15) is 0 Å². The van der Waals surface area contributed by atoms with Crippen LogP contribution in [0.25, 0.3) is 0 Å². The van der Waals surface area contributed by atoms with Crippen molar-refractivity contribution in [2.24, 2.45) is 0 Å². The van der Waals surface area contributed by atoms with E-state index >= 15 is 0 Å². The van der Waals surface area contributed by atoms with Crippen molar-refractivity contribution in [2.75, 3.05) is 12.4 Å². The summed E-state index contributed by atoms with van der Waals surface area (Å²) in [5, 5.41) is 0. The van der Waals surface area contributed by atoms with Crippen molar-refractivity contribution in [3.05, 3.63) is 34.9 Å². The summed E-state index contributed by atoms with van der Waals surface area (Å²) in [6.45, 7) is 4.76. The Bertz CT molecular complexity index is 440. The first kappa shape index (κ1) is 13.4. The maximum absolute atomic E-state index is 12.5. The van der Waals surface area contributed by atoms with E-state index in [-0.39, 0.29) is 5.91 Å². The molecular weight excluding hydrogens is 246 g/mol. The van der Waals surface area contributed by atoms with Crippen molar-refractivity contribution in [3.8, 4) is 0 Å². The SMILES string of the molecule is Cc1ccc(C(=O)N(CCCl)C2CCC2)cc1C. The van der Waals surface area contributed by atoms with Crippen LogP contribution in [0.4, 0.5) is 0 Å². The molecule has 3 heteroatoms. The van der Waals surface area contributed by atoms with Gasteiger partial charge in [0.15, 0.2) is 0 Å². The first-order chi connectivity index (χ1) is 8.63. The molecule has 2 rings (SSSR count). The van der Waals surface area contributed by atoms with E-state index in [0.717, 1.165) is 18.4 Å². The molecule has 2 nitrogen and oxygen atoms in total. The van der Waals surface area contributed by atoms with Gasteiger partial charge in [-0.05, 0) is 56.4 Å². The fourth-order valence-electron chi connectivity index (χ4n) is 2.28. The van der Waals surface area contributed by atoms with Crippen LogP contribution in [0.2, 0.25) is 0 Å². The Hall–Kier alpha value is -1.02. The summed E-state index contributed by atoms with van der Waals surface area (Å²) >= 11 is 5.82. The minimum atomic E-state index is 0.128. The number of hydrogen-bond acceptors (Lipinski definition) is 1. The largest absolute Gasteiger partial charge is 0.334 e. The van der Waals surface area contributed by atoms with Gasteiger partial charge in [-0.1, -0.05) is 6.07 Å². The Balaban J connectivity index is 2.18. The molecule has 0 saturated heterocycles. The standard InChI is InChI=1S/C15H20ClNO/c1-11-6-7-13(10-12(11)2)15(18)17(9-8-16)14-4-3-5-14/h6-7,10,14H,3-5,8-9H2,1-2H3. The molecule has 0 bridgehead atoms. The molecule has 1 fully saturated rings. The first-order valence-electron chi connectivity index (χ1n) is 6.57. The Morgan fingerprint density at radius 3 is 2.56 bits per heavy atom. The van der Waals surface area contributed by atoms with Crippen LogP contribution in [0.5, 0.6) is 0 Å². The maximum atomic E-state index is 12.5. The molecule has 0 N–H and O–H groups in total. The molecule has 1 aromatic rings. The summed E-state index contributed by atoms with van der Waals surface area (Å²) in [5.74, 6) is 0.635. The lowest BCUT2D eigenvalue weighted by atomic mass is 9.91. The van der Waals surface area contributed by atoms with Gasteiger partial charge in [0.05, 0.1) is 0 Å². The molecule has 1 aliphatic rings. The Morgan fingerprint density at radius 2 is 2.06 bits per heavy atom. The smallest absolute Gasteiger partial charge is 0.254 e. The third-order valence-corrected chi connectivity index (χ3v) is 4.02. The molecular formula is C15H20ClNO. The normalized spacial score (nSPS) is 15.3. The number of halogens is 1. The van der Waals surface area contributed by atoms with Gasteiger partial charge in [-0.15, -0.1) is 11.6 Å². The number of carbonyl (C=O) groups excluding carboxylic acids is 1. The van der Waals surface area contributed by atoms with Crippen LogP contribution >= 0.6 is 11.6 Å². The van der Waals surface area contributed by atoms with Crippen molar-refractivity contribution in [1.29, 1.82) is 0 Å². The summed E-state index contributed by atoms with van der Waals surface area (Å²) in [6.07, 6.45) is 3.46. The monoisotopic (exact) mass is 265 g/mol. The van der Waals surface area contributed by atoms with E-state index in [2.05, 4.69) is 6.92 Å². The average Bonchev–Trinajstić information content (AvgIpc) is 2.29. The zero-order valence-electron chi connectivity index (χ0n) is 11.1. The van der Waals surface area contributed by atoms with Gasteiger partial charge < -0.3 is 4.90 Å². The Kier molecular flexibility index (Phi) is 4.28. The molecule has 0 spiro atoms. The van der Waals surface area contributed by atoms with Crippen LogP contribution in [0.3, 0.4) is 0 Å². The number of benzene rings is 1. The summed E-state index contributed by atoms with van der Waals surface area (Å²) in [7, 11) is 0. The van der Waals surface area contributed by atoms with Gasteiger partial charge >= 0.3 is 0 Å². The molecule has 1 saturated carbocycles. The number of amides is 1. The second-order valence-corrected chi connectivity index (χ2v) is 5.45. The van der Waals surface area contributed by atoms with Crippen molar-refractivity contribution < 1.29 is 4.79 Å². The van der Waals surface area contributed by atoms with Crippen LogP contribution in [-0.2, 0) is 0 Å². The fraction of sp³-hybridized carbons (Fsp3) is 0.533. The van der Waals surface area contributed by atoms with Gasteiger partial charge in [0.2, 0.25) is 0 Å². The van der Waals surface area contributed by atoms with Gasteiger partial charge in [-0.25, -0.2) is 0 Å². The third kappa shape index (κ3) is 2.69. The molecule has 1 aliphatic carbocycles. The van der Waals surface area contributed by atoms with Crippen LogP contribution < -0.4 is 0 Å². The summed E-state index contributed by atoms with van der Waals surface area (Å²) in [5.41, 5.74) is 3.18. The van der Waals surface area contributed by atoms with Crippen molar-refractivity contribution >= 4 is 17.5 Å². The molecule has 0 radical (unpaired) electrons. The van der Waals surface area contributed by atoms with Crippen LogP contribution in [0.15, 0.2) is 18.2 Å². The van der Waals surface area contributed by atoms with Gasteiger partial charge in [0, 0.05) is 24.0 Å². The van der Waals surface area contributed by atoms with E-state index in [1.807, 2.05) is 30.0 Å². The zero-order valence-corrected chi connectivity index (χ0v) is 11.8. The quantitative estimate of drug-likeness (QED) is 0.763. The number of nitrogens with zero attached hydrogens (tertiary/aromatic N) is 1. The molecule has 1 amide bonds. The van der Waals surface area contributed by atoms with Gasteiger partial charge in [-0.2, -0.15) is 0 Å². The summed E-state index contributed by atoms with van der Waals surface area (Å²) in [4.78, 5) is 14.4. The van der Waals surface area contributed by atoms with Gasteiger partial charge in [-0.3, -0.25) is 4.79 Å². The lowest BCUT2D eigenvalue weighted by molar-refractivity contribution is 0.0598. The second kappa shape index (κ2) is 5.75. The van der Waals surface area contributed by atoms with E-state index < -0.39 is 0 Å². The Morgan fingerprint density at radius 1 is 1.33 bits per heavy atom. The van der Waals surface area contributed by atoms with Gasteiger partial charge in [0.25, 0.3) is 5.91 Å². The Labute approximate surface area is 114 Å². The molecule has 0 aliphatic heterocycles. The molecule has 0 aromatic heterocycles. The molecule has 18 heavy (non-hydrogen) atoms. The number of carbonyl (C=O) groups is 1. The van der Waals surface area contributed by atoms with E-state index in [9.17, 15) is 4.79 Å². The van der Waals surface area contributed by atoms with Crippen molar-refractivity contribution in [3.63, 3.8) is 0 Å². The second-order valence-electron chi connectivity index (χ2n) is 5.07. The lowest BCUT2D eigenvalue weighted by Crippen LogP contribution is -2.45. The molecule has 98 valence electrons. The topological polar surface area (TPSA) is 20.3 Å². The highest BCUT2D eigenvalue weighted by atomic mass is 35.5. The number of aryl methyl sites for hydroxylation is 2. The molecule has 1 aromatic carbocycles. The predicted octanol–water partition coefficient (Wildman–Crippen LogP) is 3.54. The number of hydrogen-bond donors (Lipinski definition) is 0. The highest BCUT2D eigenvalue weighted by Gasteiger charge is 2.28.